The van der Waals surface area contributed by atoms with Crippen molar-refractivity contribution in [2.45, 2.75) is 32.2 Å². The van der Waals surface area contributed by atoms with Gasteiger partial charge in [-0.2, -0.15) is 4.98 Å². The first kappa shape index (κ1) is 15.4. The van der Waals surface area contributed by atoms with Crippen LogP contribution >= 0.6 is 0 Å². The topological polar surface area (TPSA) is 79.5 Å². The minimum atomic E-state index is -3.11. The fraction of sp³-hybridized carbons (Fsp3) is 0.833. The van der Waals surface area contributed by atoms with Crippen molar-refractivity contribution in [1.29, 1.82) is 0 Å². The molecule has 1 fully saturated rings. The number of hydrogen-bond acceptors (Lipinski definition) is 6. The van der Waals surface area contributed by atoms with Crippen LogP contribution in [-0.2, 0) is 10.0 Å². The molecule has 0 amide bonds. The van der Waals surface area contributed by atoms with E-state index in [1.807, 2.05) is 0 Å². The Labute approximate surface area is 120 Å². The molecule has 1 unspecified atom stereocenters. The predicted octanol–water partition coefficient (Wildman–Crippen LogP) is 0.796. The van der Waals surface area contributed by atoms with Gasteiger partial charge in [-0.3, -0.25) is 4.90 Å². The van der Waals surface area contributed by atoms with Gasteiger partial charge in [0.2, 0.25) is 15.9 Å². The SMILES string of the molecule is Cc1nc(C2CCCN2CCCS(=O)(=O)N(C)C)no1. The molecule has 0 bridgehead atoms. The summed E-state index contributed by atoms with van der Waals surface area (Å²) in [5.41, 5.74) is 0. The zero-order valence-electron chi connectivity index (χ0n) is 12.2. The van der Waals surface area contributed by atoms with Gasteiger partial charge in [0.15, 0.2) is 5.82 Å². The third-order valence-corrected chi connectivity index (χ3v) is 5.53. The number of aryl methyl sites for hydroxylation is 1. The van der Waals surface area contributed by atoms with Gasteiger partial charge in [-0.1, -0.05) is 5.16 Å². The second-order valence-corrected chi connectivity index (χ2v) is 7.62. The summed E-state index contributed by atoms with van der Waals surface area (Å²) in [5, 5.41) is 3.98. The van der Waals surface area contributed by atoms with Crippen molar-refractivity contribution in [2.75, 3.05) is 32.9 Å². The number of hydrogen-bond donors (Lipinski definition) is 0. The quantitative estimate of drug-likeness (QED) is 0.773. The minimum absolute atomic E-state index is 0.162. The Bertz CT molecular complexity index is 541. The van der Waals surface area contributed by atoms with E-state index in [1.54, 1.807) is 21.0 Å². The van der Waals surface area contributed by atoms with Crippen molar-refractivity contribution in [2.24, 2.45) is 0 Å². The number of aromatic nitrogens is 2. The van der Waals surface area contributed by atoms with Crippen LogP contribution in [0.1, 0.15) is 37.0 Å². The monoisotopic (exact) mass is 302 g/mol. The summed E-state index contributed by atoms with van der Waals surface area (Å²) < 4.78 is 29.8. The molecule has 1 aromatic heterocycles. The lowest BCUT2D eigenvalue weighted by molar-refractivity contribution is 0.243. The third kappa shape index (κ3) is 3.56. The van der Waals surface area contributed by atoms with Crippen LogP contribution in [0.2, 0.25) is 0 Å². The summed E-state index contributed by atoms with van der Waals surface area (Å²) in [4.78, 5) is 6.53. The maximum atomic E-state index is 11.7. The van der Waals surface area contributed by atoms with Crippen LogP contribution in [0.4, 0.5) is 0 Å². The molecule has 8 heteroatoms. The van der Waals surface area contributed by atoms with E-state index in [0.717, 1.165) is 31.8 Å². The summed E-state index contributed by atoms with van der Waals surface area (Å²) in [6.07, 6.45) is 2.70. The van der Waals surface area contributed by atoms with Crippen molar-refractivity contribution >= 4 is 10.0 Å². The fourth-order valence-corrected chi connectivity index (χ4v) is 3.33. The van der Waals surface area contributed by atoms with Gasteiger partial charge in [0, 0.05) is 21.0 Å². The molecule has 0 saturated carbocycles. The molecule has 0 aliphatic carbocycles. The number of sulfonamides is 1. The molecule has 0 spiro atoms. The highest BCUT2D eigenvalue weighted by Gasteiger charge is 2.29. The summed E-state index contributed by atoms with van der Waals surface area (Å²) >= 11 is 0. The molecule has 1 aliphatic heterocycles. The summed E-state index contributed by atoms with van der Waals surface area (Å²) in [6, 6.07) is 0.162. The molecule has 2 rings (SSSR count). The zero-order chi connectivity index (χ0) is 14.8. The van der Waals surface area contributed by atoms with Crippen molar-refractivity contribution in [3.63, 3.8) is 0 Å². The second kappa shape index (κ2) is 6.19. The maximum Gasteiger partial charge on any atom is 0.223 e. The fourth-order valence-electron chi connectivity index (χ4n) is 2.47. The van der Waals surface area contributed by atoms with Gasteiger partial charge in [0.05, 0.1) is 11.8 Å². The lowest BCUT2D eigenvalue weighted by Crippen LogP contribution is -2.30. The largest absolute Gasteiger partial charge is 0.340 e. The zero-order valence-corrected chi connectivity index (χ0v) is 13.1. The molecular weight excluding hydrogens is 280 g/mol. The third-order valence-electron chi connectivity index (χ3n) is 3.61. The highest BCUT2D eigenvalue weighted by molar-refractivity contribution is 7.89. The maximum absolute atomic E-state index is 11.7. The van der Waals surface area contributed by atoms with Crippen LogP contribution in [0.3, 0.4) is 0 Å². The molecule has 0 aromatic carbocycles. The van der Waals surface area contributed by atoms with Crippen LogP contribution < -0.4 is 0 Å². The average Bonchev–Trinajstić information content (AvgIpc) is 2.97. The first-order valence-corrected chi connectivity index (χ1v) is 8.45. The molecule has 0 radical (unpaired) electrons. The Morgan fingerprint density at radius 3 is 2.80 bits per heavy atom. The Morgan fingerprint density at radius 1 is 1.45 bits per heavy atom. The molecule has 2 heterocycles. The highest BCUT2D eigenvalue weighted by atomic mass is 32.2. The van der Waals surface area contributed by atoms with Crippen molar-refractivity contribution in [3.05, 3.63) is 11.7 Å². The second-order valence-electron chi connectivity index (χ2n) is 5.32. The molecule has 1 atom stereocenters. The Morgan fingerprint density at radius 2 is 2.20 bits per heavy atom. The van der Waals surface area contributed by atoms with E-state index >= 15 is 0 Å². The predicted molar refractivity (Wildman–Crippen MR) is 74.7 cm³/mol. The van der Waals surface area contributed by atoms with Gasteiger partial charge in [0.1, 0.15) is 0 Å². The van der Waals surface area contributed by atoms with Crippen LogP contribution in [0.25, 0.3) is 0 Å². The number of likely N-dealkylation sites (tertiary alicyclic amines) is 1. The van der Waals surface area contributed by atoms with Gasteiger partial charge in [0.25, 0.3) is 0 Å². The molecule has 1 aliphatic rings. The minimum Gasteiger partial charge on any atom is -0.340 e. The van der Waals surface area contributed by atoms with E-state index in [-0.39, 0.29) is 11.8 Å². The Hall–Kier alpha value is -0.990. The first-order valence-electron chi connectivity index (χ1n) is 6.84. The van der Waals surface area contributed by atoms with Crippen LogP contribution in [-0.4, -0.2) is 60.7 Å². The van der Waals surface area contributed by atoms with E-state index in [0.29, 0.717) is 12.3 Å². The lowest BCUT2D eigenvalue weighted by Gasteiger charge is -2.22. The molecule has 7 nitrogen and oxygen atoms in total. The van der Waals surface area contributed by atoms with Crippen LogP contribution in [0.5, 0.6) is 0 Å². The Balaban J connectivity index is 1.89. The highest BCUT2D eigenvalue weighted by Crippen LogP contribution is 2.29. The molecular formula is C12H22N4O3S. The van der Waals surface area contributed by atoms with Gasteiger partial charge < -0.3 is 4.52 Å². The van der Waals surface area contributed by atoms with Crippen LogP contribution in [0, 0.1) is 6.92 Å². The van der Waals surface area contributed by atoms with E-state index in [2.05, 4.69) is 15.0 Å². The van der Waals surface area contributed by atoms with Gasteiger partial charge in [-0.15, -0.1) is 0 Å². The van der Waals surface area contributed by atoms with Crippen molar-refractivity contribution in [3.8, 4) is 0 Å². The van der Waals surface area contributed by atoms with Gasteiger partial charge >= 0.3 is 0 Å². The smallest absolute Gasteiger partial charge is 0.223 e. The van der Waals surface area contributed by atoms with Crippen molar-refractivity contribution in [1.82, 2.24) is 19.3 Å². The van der Waals surface area contributed by atoms with Gasteiger partial charge in [-0.25, -0.2) is 12.7 Å². The summed E-state index contributed by atoms with van der Waals surface area (Å²) in [5.74, 6) is 1.46. The van der Waals surface area contributed by atoms with Crippen molar-refractivity contribution < 1.29 is 12.9 Å². The standard InChI is InChI=1S/C12H22N4O3S/c1-10-13-12(14-19-10)11-6-4-7-16(11)8-5-9-20(17,18)15(2)3/h11H,4-9H2,1-3H3. The molecule has 114 valence electrons. The summed E-state index contributed by atoms with van der Waals surface area (Å²) in [7, 11) is 0.0201. The first-order chi connectivity index (χ1) is 9.40. The van der Waals surface area contributed by atoms with E-state index in [9.17, 15) is 8.42 Å². The van der Waals surface area contributed by atoms with Crippen LogP contribution in [0.15, 0.2) is 4.52 Å². The number of nitrogens with zero attached hydrogens (tertiary/aromatic N) is 4. The lowest BCUT2D eigenvalue weighted by atomic mass is 10.2. The number of rotatable bonds is 6. The van der Waals surface area contributed by atoms with Gasteiger partial charge in [-0.05, 0) is 32.4 Å². The molecule has 1 saturated heterocycles. The normalized spacial score (nSPS) is 20.9. The summed E-state index contributed by atoms with van der Waals surface area (Å²) in [6.45, 7) is 3.48. The van der Waals surface area contributed by atoms with E-state index in [1.165, 1.54) is 4.31 Å². The molecule has 0 N–H and O–H groups in total. The van der Waals surface area contributed by atoms with E-state index < -0.39 is 10.0 Å². The average molecular weight is 302 g/mol. The van der Waals surface area contributed by atoms with E-state index in [4.69, 9.17) is 4.52 Å². The Kier molecular flexibility index (Phi) is 4.77. The molecule has 20 heavy (non-hydrogen) atoms. The molecule has 1 aromatic rings.